The Kier molecular flexibility index (Phi) is 5.56. The first kappa shape index (κ1) is 22.6. The van der Waals surface area contributed by atoms with Crippen molar-refractivity contribution in [1.29, 1.82) is 0 Å². The van der Waals surface area contributed by atoms with E-state index in [1.165, 1.54) is 6.07 Å². The summed E-state index contributed by atoms with van der Waals surface area (Å²) in [4.78, 5) is 12.2. The number of sulfonamides is 1. The lowest BCUT2D eigenvalue weighted by Crippen LogP contribution is -2.49. The second-order valence-electron chi connectivity index (χ2n) is 7.96. The zero-order valence-electron chi connectivity index (χ0n) is 17.9. The number of hydrogen-bond acceptors (Lipinski definition) is 10. The van der Waals surface area contributed by atoms with Gasteiger partial charge in [-0.3, -0.25) is 0 Å². The van der Waals surface area contributed by atoms with Gasteiger partial charge in [-0.25, -0.2) is 27.9 Å². The molecule has 0 aliphatic carbocycles. The maximum atomic E-state index is 14.4. The molecule has 1 aromatic carbocycles. The molecule has 1 unspecified atom stereocenters. The van der Waals surface area contributed by atoms with Crippen molar-refractivity contribution in [3.8, 4) is 5.75 Å². The molecule has 1 aliphatic heterocycles. The van der Waals surface area contributed by atoms with Crippen molar-refractivity contribution in [3.63, 3.8) is 0 Å². The van der Waals surface area contributed by atoms with E-state index in [0.29, 0.717) is 17.0 Å². The van der Waals surface area contributed by atoms with Crippen molar-refractivity contribution in [2.45, 2.75) is 37.5 Å². The summed E-state index contributed by atoms with van der Waals surface area (Å²) in [5.41, 5.74) is -0.00997. The highest BCUT2D eigenvalue weighted by Gasteiger charge is 2.36. The highest BCUT2D eigenvalue weighted by Crippen LogP contribution is 2.35. The summed E-state index contributed by atoms with van der Waals surface area (Å²) in [5.74, 6) is 0.0731. The lowest BCUT2D eigenvalue weighted by molar-refractivity contribution is -0.0216. The van der Waals surface area contributed by atoms with E-state index in [1.54, 1.807) is 45.0 Å². The Bertz CT molecular complexity index is 1330. The summed E-state index contributed by atoms with van der Waals surface area (Å²) in [6.07, 6.45) is -0.0329. The number of aliphatic hydroxyl groups is 1. The number of nitrogens with one attached hydrogen (secondary N) is 3. The van der Waals surface area contributed by atoms with Crippen LogP contribution in [-0.2, 0) is 10.0 Å². The molecule has 0 spiro atoms. The maximum absolute atomic E-state index is 14.4. The highest BCUT2D eigenvalue weighted by atomic mass is 32.2. The smallest absolute Gasteiger partial charge is 0.238 e. The quantitative estimate of drug-likeness (QED) is 0.370. The molecule has 13 heteroatoms. The van der Waals surface area contributed by atoms with E-state index in [0.717, 1.165) is 6.20 Å². The van der Waals surface area contributed by atoms with E-state index in [2.05, 4.69) is 30.9 Å². The minimum Gasteiger partial charge on any atom is -0.479 e. The third kappa shape index (κ3) is 4.79. The molecule has 6 N–H and O–H groups in total. The SMILES string of the molecule is Cc1ccc(Nc2ncc(F)c(Nc3ccc4c(n3)NC(O)C(C)(C)O4)n2)cc1S(N)(=O)=O. The predicted octanol–water partition coefficient (Wildman–Crippen LogP) is 2.36. The fourth-order valence-electron chi connectivity index (χ4n) is 3.09. The van der Waals surface area contributed by atoms with Gasteiger partial charge in [0, 0.05) is 5.69 Å². The Hall–Kier alpha value is -3.55. The molecule has 3 heterocycles. The molecule has 0 saturated carbocycles. The third-order valence-electron chi connectivity index (χ3n) is 4.90. The van der Waals surface area contributed by atoms with Crippen molar-refractivity contribution in [1.82, 2.24) is 15.0 Å². The number of halogens is 1. The van der Waals surface area contributed by atoms with Gasteiger partial charge in [0.15, 0.2) is 29.4 Å². The Morgan fingerprint density at radius 3 is 2.70 bits per heavy atom. The van der Waals surface area contributed by atoms with Gasteiger partial charge in [-0.2, -0.15) is 4.98 Å². The summed E-state index contributed by atoms with van der Waals surface area (Å²) in [7, 11) is -3.92. The maximum Gasteiger partial charge on any atom is 0.238 e. The van der Waals surface area contributed by atoms with Gasteiger partial charge in [0.1, 0.15) is 11.4 Å². The molecular weight excluding hydrogens is 453 g/mol. The van der Waals surface area contributed by atoms with Gasteiger partial charge in [-0.1, -0.05) is 6.07 Å². The Labute approximate surface area is 189 Å². The zero-order chi connectivity index (χ0) is 24.0. The van der Waals surface area contributed by atoms with Crippen LogP contribution in [0.25, 0.3) is 0 Å². The van der Waals surface area contributed by atoms with Crippen LogP contribution in [-0.4, -0.2) is 40.3 Å². The monoisotopic (exact) mass is 475 g/mol. The molecule has 1 atom stereocenters. The Balaban J connectivity index is 1.57. The van der Waals surface area contributed by atoms with E-state index >= 15 is 0 Å². The summed E-state index contributed by atoms with van der Waals surface area (Å²) in [5, 5.41) is 23.8. The van der Waals surface area contributed by atoms with Gasteiger partial charge < -0.3 is 25.8 Å². The van der Waals surface area contributed by atoms with Crippen molar-refractivity contribution in [3.05, 3.63) is 47.9 Å². The molecule has 3 aromatic rings. The second kappa shape index (κ2) is 8.10. The van der Waals surface area contributed by atoms with E-state index in [1.807, 2.05) is 0 Å². The molecule has 0 bridgehead atoms. The number of nitrogens with two attached hydrogens (primary N) is 1. The molecule has 1 aliphatic rings. The zero-order valence-corrected chi connectivity index (χ0v) is 18.7. The number of rotatable bonds is 5. The van der Waals surface area contributed by atoms with Gasteiger partial charge in [0.05, 0.1) is 11.1 Å². The summed E-state index contributed by atoms with van der Waals surface area (Å²) in [6, 6.07) is 7.74. The number of hydrogen-bond donors (Lipinski definition) is 5. The van der Waals surface area contributed by atoms with Crippen molar-refractivity contribution < 1.29 is 22.7 Å². The second-order valence-corrected chi connectivity index (χ2v) is 9.49. The van der Waals surface area contributed by atoms with Gasteiger partial charge in [-0.15, -0.1) is 0 Å². The number of nitrogens with zero attached hydrogens (tertiary/aromatic N) is 3. The number of primary sulfonamides is 1. The van der Waals surface area contributed by atoms with Crippen LogP contribution in [0.4, 0.5) is 33.5 Å². The normalized spacial score (nSPS) is 16.8. The Morgan fingerprint density at radius 1 is 1.21 bits per heavy atom. The summed E-state index contributed by atoms with van der Waals surface area (Å²) < 4.78 is 43.6. The number of aryl methyl sites for hydroxylation is 1. The number of aliphatic hydroxyl groups excluding tert-OH is 1. The van der Waals surface area contributed by atoms with Gasteiger partial charge in [0.25, 0.3) is 0 Å². The van der Waals surface area contributed by atoms with Crippen LogP contribution in [0.15, 0.2) is 41.4 Å². The summed E-state index contributed by atoms with van der Waals surface area (Å²) in [6.45, 7) is 5.07. The fraction of sp³-hybridized carbons (Fsp3) is 0.250. The van der Waals surface area contributed by atoms with Crippen LogP contribution < -0.4 is 25.8 Å². The molecule has 2 aromatic heterocycles. The first-order chi connectivity index (χ1) is 15.4. The lowest BCUT2D eigenvalue weighted by atomic mass is 10.1. The first-order valence-electron chi connectivity index (χ1n) is 9.77. The largest absolute Gasteiger partial charge is 0.479 e. The lowest BCUT2D eigenvalue weighted by Gasteiger charge is -2.37. The molecule has 33 heavy (non-hydrogen) atoms. The predicted molar refractivity (Wildman–Crippen MR) is 120 cm³/mol. The minimum atomic E-state index is -3.92. The standard InChI is InChI=1S/C20H22FN7O4S/c1-10-4-5-11(8-14(10)33(22,30)31)24-19-23-9-12(21)16(28-19)25-15-7-6-13-17(26-15)27-18(29)20(2,3)32-13/h4-9,18,29H,1-3H3,(H2,22,30,31)(H3,23,24,25,26,27,28). The van der Waals surface area contributed by atoms with Crippen LogP contribution in [0.3, 0.4) is 0 Å². The average Bonchev–Trinajstić information content (AvgIpc) is 2.72. The molecule has 174 valence electrons. The average molecular weight is 476 g/mol. The number of fused-ring (bicyclic) bond motifs is 1. The minimum absolute atomic E-state index is 0.0136. The number of aromatic nitrogens is 3. The van der Waals surface area contributed by atoms with Crippen LogP contribution in [0.5, 0.6) is 5.75 Å². The highest BCUT2D eigenvalue weighted by molar-refractivity contribution is 7.89. The van der Waals surface area contributed by atoms with E-state index in [-0.39, 0.29) is 28.3 Å². The summed E-state index contributed by atoms with van der Waals surface area (Å²) >= 11 is 0. The van der Waals surface area contributed by atoms with Crippen LogP contribution in [0.2, 0.25) is 0 Å². The molecule has 0 saturated heterocycles. The van der Waals surface area contributed by atoms with Gasteiger partial charge in [-0.05, 0) is 50.6 Å². The number of ether oxygens (including phenoxy) is 1. The molecule has 0 fully saturated rings. The molecular formula is C20H22FN7O4S. The van der Waals surface area contributed by atoms with Crippen LogP contribution in [0, 0.1) is 12.7 Å². The van der Waals surface area contributed by atoms with Crippen molar-refractivity contribution in [2.75, 3.05) is 16.0 Å². The molecule has 11 nitrogen and oxygen atoms in total. The molecule has 0 amide bonds. The Morgan fingerprint density at radius 2 is 1.97 bits per heavy atom. The van der Waals surface area contributed by atoms with Crippen LogP contribution >= 0.6 is 0 Å². The van der Waals surface area contributed by atoms with Gasteiger partial charge >= 0.3 is 0 Å². The fourth-order valence-corrected chi connectivity index (χ4v) is 3.90. The molecule has 0 radical (unpaired) electrons. The van der Waals surface area contributed by atoms with E-state index in [4.69, 9.17) is 9.88 Å². The van der Waals surface area contributed by atoms with E-state index in [9.17, 15) is 17.9 Å². The van der Waals surface area contributed by atoms with E-state index < -0.39 is 27.7 Å². The first-order valence-corrected chi connectivity index (χ1v) is 11.3. The third-order valence-corrected chi connectivity index (χ3v) is 5.96. The molecule has 4 rings (SSSR count). The van der Waals surface area contributed by atoms with Crippen LogP contribution in [0.1, 0.15) is 19.4 Å². The van der Waals surface area contributed by atoms with Crippen molar-refractivity contribution in [2.24, 2.45) is 5.14 Å². The number of benzene rings is 1. The topological polar surface area (TPSA) is 164 Å². The number of anilines is 5. The van der Waals surface area contributed by atoms with Gasteiger partial charge in [0.2, 0.25) is 16.0 Å². The van der Waals surface area contributed by atoms with Crippen molar-refractivity contribution >= 4 is 39.1 Å². The number of pyridine rings is 1.